The summed E-state index contributed by atoms with van der Waals surface area (Å²) in [7, 11) is 0. The number of hydrogen-bond acceptors (Lipinski definition) is 2. The molecule has 1 aromatic carbocycles. The predicted molar refractivity (Wildman–Crippen MR) is 113 cm³/mol. The van der Waals surface area contributed by atoms with Crippen LogP contribution in [0.5, 0.6) is 0 Å². The zero-order valence-electron chi connectivity index (χ0n) is 14.8. The van der Waals surface area contributed by atoms with Crippen molar-refractivity contribution in [2.24, 2.45) is 4.99 Å². The summed E-state index contributed by atoms with van der Waals surface area (Å²) in [6.07, 6.45) is 11.1. The molecule has 1 aliphatic heterocycles. The van der Waals surface area contributed by atoms with E-state index in [1.165, 1.54) is 82.7 Å². The first-order valence-corrected chi connectivity index (χ1v) is 11.4. The highest BCUT2D eigenvalue weighted by Gasteiger charge is 2.49. The maximum absolute atomic E-state index is 5.21. The molecule has 0 N–H and O–H groups in total. The average Bonchev–Trinajstić information content (AvgIpc) is 3.31. The Kier molecular flexibility index (Phi) is 4.89. The third-order valence-corrected chi connectivity index (χ3v) is 8.72. The summed E-state index contributed by atoms with van der Waals surface area (Å²) in [5, 5.41) is 1.31. The molecule has 3 fully saturated rings. The van der Waals surface area contributed by atoms with Gasteiger partial charge in [0.05, 0.1) is 11.2 Å². The van der Waals surface area contributed by atoms with E-state index >= 15 is 0 Å². The van der Waals surface area contributed by atoms with Crippen molar-refractivity contribution in [3.63, 3.8) is 0 Å². The van der Waals surface area contributed by atoms with Gasteiger partial charge in [-0.1, -0.05) is 37.4 Å². The summed E-state index contributed by atoms with van der Waals surface area (Å²) in [6, 6.07) is 5.17. The van der Waals surface area contributed by atoms with Crippen LogP contribution in [-0.4, -0.2) is 27.4 Å². The summed E-state index contributed by atoms with van der Waals surface area (Å²) in [5.74, 6) is 1.25. The third kappa shape index (κ3) is 2.91. The Balaban J connectivity index is 1.72. The Bertz CT molecular complexity index is 658. The van der Waals surface area contributed by atoms with Gasteiger partial charge >= 0.3 is 0 Å². The number of amidine groups is 1. The fourth-order valence-electron chi connectivity index (χ4n) is 4.75. The van der Waals surface area contributed by atoms with E-state index in [0.29, 0.717) is 5.54 Å². The maximum atomic E-state index is 5.21. The van der Waals surface area contributed by atoms with Crippen LogP contribution in [0.2, 0.25) is 0 Å². The SMILES string of the molecule is Cc1c(I)ccc(/N=C2/SCC3(CCCC3)N2C2CCCC2)c1C. The summed E-state index contributed by atoms with van der Waals surface area (Å²) in [5.41, 5.74) is 4.32. The Morgan fingerprint density at radius 1 is 1.08 bits per heavy atom. The Morgan fingerprint density at radius 3 is 2.50 bits per heavy atom. The van der Waals surface area contributed by atoms with Gasteiger partial charge in [0.15, 0.2) is 5.17 Å². The molecule has 2 saturated carbocycles. The van der Waals surface area contributed by atoms with Crippen molar-refractivity contribution >= 4 is 45.2 Å². The van der Waals surface area contributed by atoms with Crippen LogP contribution < -0.4 is 0 Å². The number of hydrogen-bond donors (Lipinski definition) is 0. The molecule has 1 aromatic rings. The molecule has 4 heteroatoms. The van der Waals surface area contributed by atoms with Crippen LogP contribution in [0.3, 0.4) is 0 Å². The highest BCUT2D eigenvalue weighted by molar-refractivity contribution is 14.1. The van der Waals surface area contributed by atoms with Gasteiger partial charge in [0.1, 0.15) is 0 Å². The lowest BCUT2D eigenvalue weighted by Crippen LogP contribution is -2.50. The van der Waals surface area contributed by atoms with Crippen LogP contribution in [0.25, 0.3) is 0 Å². The lowest BCUT2D eigenvalue weighted by atomic mass is 9.95. The van der Waals surface area contributed by atoms with Gasteiger partial charge in [0.25, 0.3) is 0 Å². The summed E-state index contributed by atoms with van der Waals surface area (Å²) >= 11 is 4.45. The Labute approximate surface area is 164 Å². The maximum Gasteiger partial charge on any atom is 0.165 e. The molecule has 1 spiro atoms. The zero-order chi connectivity index (χ0) is 16.7. The van der Waals surface area contributed by atoms with Gasteiger partial charge in [0.2, 0.25) is 0 Å². The fourth-order valence-corrected chi connectivity index (χ4v) is 6.80. The van der Waals surface area contributed by atoms with E-state index in [-0.39, 0.29) is 0 Å². The molecule has 0 radical (unpaired) electrons. The number of nitrogens with zero attached hydrogens (tertiary/aromatic N) is 2. The smallest absolute Gasteiger partial charge is 0.165 e. The lowest BCUT2D eigenvalue weighted by molar-refractivity contribution is 0.163. The molecule has 0 bridgehead atoms. The first kappa shape index (κ1) is 17.2. The van der Waals surface area contributed by atoms with Gasteiger partial charge in [-0.05, 0) is 85.4 Å². The van der Waals surface area contributed by atoms with E-state index in [0.717, 1.165) is 6.04 Å². The van der Waals surface area contributed by atoms with Crippen molar-refractivity contribution in [1.29, 1.82) is 0 Å². The largest absolute Gasteiger partial charge is 0.342 e. The second-order valence-corrected chi connectivity index (χ2v) is 9.84. The molecular formula is C20H27IN2S. The van der Waals surface area contributed by atoms with E-state index in [1.54, 1.807) is 0 Å². The lowest BCUT2D eigenvalue weighted by Gasteiger charge is -2.40. The first-order valence-electron chi connectivity index (χ1n) is 9.37. The molecular weight excluding hydrogens is 427 g/mol. The predicted octanol–water partition coefficient (Wildman–Crippen LogP) is 6.20. The van der Waals surface area contributed by atoms with Crippen molar-refractivity contribution in [3.05, 3.63) is 26.8 Å². The topological polar surface area (TPSA) is 15.6 Å². The Hall–Kier alpha value is -0.230. The molecule has 130 valence electrons. The van der Waals surface area contributed by atoms with E-state index < -0.39 is 0 Å². The van der Waals surface area contributed by atoms with Crippen molar-refractivity contribution in [2.45, 2.75) is 76.8 Å². The molecule has 2 nitrogen and oxygen atoms in total. The first-order chi connectivity index (χ1) is 11.6. The van der Waals surface area contributed by atoms with Crippen LogP contribution in [0.4, 0.5) is 5.69 Å². The summed E-state index contributed by atoms with van der Waals surface area (Å²) in [4.78, 5) is 8.00. The van der Waals surface area contributed by atoms with Crippen LogP contribution in [-0.2, 0) is 0 Å². The van der Waals surface area contributed by atoms with E-state index in [4.69, 9.17) is 4.99 Å². The average molecular weight is 454 g/mol. The molecule has 0 aromatic heterocycles. The minimum Gasteiger partial charge on any atom is -0.342 e. The standard InChI is InChI=1S/C20H27IN2S/c1-14-15(2)18(10-9-17(14)21)22-19-23(16-7-3-4-8-16)20(13-24-19)11-5-6-12-20/h9-10,16H,3-8,11-13H2,1-2H3/b22-19+. The molecule has 1 saturated heterocycles. The van der Waals surface area contributed by atoms with Crippen LogP contribution in [0, 0.1) is 17.4 Å². The second-order valence-electron chi connectivity index (χ2n) is 7.74. The third-order valence-electron chi connectivity index (χ3n) is 6.32. The van der Waals surface area contributed by atoms with Gasteiger partial charge in [-0.2, -0.15) is 0 Å². The van der Waals surface area contributed by atoms with E-state index in [2.05, 4.69) is 53.5 Å². The monoisotopic (exact) mass is 454 g/mol. The fraction of sp³-hybridized carbons (Fsp3) is 0.650. The van der Waals surface area contributed by atoms with Crippen LogP contribution >= 0.6 is 34.4 Å². The summed E-state index contributed by atoms with van der Waals surface area (Å²) < 4.78 is 1.34. The van der Waals surface area contributed by atoms with Crippen LogP contribution in [0.1, 0.15) is 62.5 Å². The van der Waals surface area contributed by atoms with Gasteiger partial charge in [-0.25, -0.2) is 4.99 Å². The quantitative estimate of drug-likeness (QED) is 0.495. The normalized spacial score (nSPS) is 25.5. The van der Waals surface area contributed by atoms with Crippen molar-refractivity contribution in [2.75, 3.05) is 5.75 Å². The number of halogens is 1. The van der Waals surface area contributed by atoms with E-state index in [9.17, 15) is 0 Å². The van der Waals surface area contributed by atoms with Gasteiger partial charge in [-0.3, -0.25) is 0 Å². The van der Waals surface area contributed by atoms with Crippen LogP contribution in [0.15, 0.2) is 17.1 Å². The number of rotatable bonds is 2. The second kappa shape index (κ2) is 6.82. The molecule has 0 atom stereocenters. The minimum absolute atomic E-state index is 0.421. The molecule has 0 amide bonds. The highest BCUT2D eigenvalue weighted by Crippen LogP contribution is 2.48. The van der Waals surface area contributed by atoms with Crippen molar-refractivity contribution < 1.29 is 0 Å². The number of aliphatic imine (C=N–C) groups is 1. The van der Waals surface area contributed by atoms with Crippen molar-refractivity contribution in [1.82, 2.24) is 4.90 Å². The van der Waals surface area contributed by atoms with Gasteiger partial charge in [0, 0.05) is 15.4 Å². The number of thioether (sulfide) groups is 1. The summed E-state index contributed by atoms with van der Waals surface area (Å²) in [6.45, 7) is 4.44. The molecule has 3 aliphatic rings. The number of benzene rings is 1. The zero-order valence-corrected chi connectivity index (χ0v) is 17.8. The minimum atomic E-state index is 0.421. The molecule has 24 heavy (non-hydrogen) atoms. The molecule has 1 heterocycles. The van der Waals surface area contributed by atoms with Gasteiger partial charge in [-0.15, -0.1) is 0 Å². The molecule has 2 aliphatic carbocycles. The molecule has 4 rings (SSSR count). The van der Waals surface area contributed by atoms with E-state index in [1.807, 2.05) is 11.8 Å². The highest BCUT2D eigenvalue weighted by atomic mass is 127. The van der Waals surface area contributed by atoms with Gasteiger partial charge < -0.3 is 4.90 Å². The molecule has 0 unspecified atom stereocenters. The van der Waals surface area contributed by atoms with Crippen molar-refractivity contribution in [3.8, 4) is 0 Å². The Morgan fingerprint density at radius 2 is 1.79 bits per heavy atom.